The number of hydrogen-bond acceptors (Lipinski definition) is 2. The van der Waals surface area contributed by atoms with E-state index in [0.717, 1.165) is 18.7 Å². The van der Waals surface area contributed by atoms with E-state index in [9.17, 15) is 4.79 Å². The van der Waals surface area contributed by atoms with Crippen molar-refractivity contribution in [2.75, 3.05) is 18.4 Å². The molecule has 1 fully saturated rings. The summed E-state index contributed by atoms with van der Waals surface area (Å²) in [6.45, 7) is 5.35. The number of benzene rings is 1. The Morgan fingerprint density at radius 3 is 2.84 bits per heavy atom. The van der Waals surface area contributed by atoms with Crippen LogP contribution in [0.5, 0.6) is 0 Å². The third-order valence-electron chi connectivity index (χ3n) is 3.44. The summed E-state index contributed by atoms with van der Waals surface area (Å²) in [5.41, 5.74) is 2.15. The van der Waals surface area contributed by atoms with Crippen molar-refractivity contribution in [3.63, 3.8) is 0 Å². The lowest BCUT2D eigenvalue weighted by atomic mass is 10.2. The Morgan fingerprint density at radius 2 is 2.16 bits per heavy atom. The number of anilines is 1. The predicted molar refractivity (Wildman–Crippen MR) is 82.6 cm³/mol. The van der Waals surface area contributed by atoms with Gasteiger partial charge in [-0.25, -0.2) is 0 Å². The van der Waals surface area contributed by atoms with E-state index in [4.69, 9.17) is 0 Å². The van der Waals surface area contributed by atoms with Crippen LogP contribution in [0.4, 0.5) is 5.69 Å². The molecule has 1 aromatic carbocycles. The first kappa shape index (κ1) is 14.5. The van der Waals surface area contributed by atoms with Gasteiger partial charge in [0.05, 0.1) is 4.83 Å². The minimum Gasteiger partial charge on any atom is -0.325 e. The van der Waals surface area contributed by atoms with Gasteiger partial charge in [0.15, 0.2) is 0 Å². The molecule has 1 atom stereocenters. The Kier molecular flexibility index (Phi) is 5.40. The van der Waals surface area contributed by atoms with E-state index in [-0.39, 0.29) is 10.7 Å². The van der Waals surface area contributed by atoms with E-state index >= 15 is 0 Å². The Bertz CT molecular complexity index is 430. The van der Waals surface area contributed by atoms with Crippen molar-refractivity contribution >= 4 is 27.5 Å². The largest absolute Gasteiger partial charge is 0.325 e. The number of alkyl halides is 1. The molecule has 0 saturated carbocycles. The Labute approximate surface area is 123 Å². The van der Waals surface area contributed by atoms with Crippen molar-refractivity contribution in [1.82, 2.24) is 4.90 Å². The van der Waals surface area contributed by atoms with Gasteiger partial charge in [-0.1, -0.05) is 35.0 Å². The molecule has 0 bridgehead atoms. The van der Waals surface area contributed by atoms with Gasteiger partial charge < -0.3 is 5.32 Å². The number of likely N-dealkylation sites (tertiary alicyclic amines) is 1. The van der Waals surface area contributed by atoms with Crippen molar-refractivity contribution < 1.29 is 4.79 Å². The minimum atomic E-state index is -0.116. The average Bonchev–Trinajstić information content (AvgIpc) is 2.91. The summed E-state index contributed by atoms with van der Waals surface area (Å²) in [5, 5.41) is 2.95. The predicted octanol–water partition coefficient (Wildman–Crippen LogP) is 3.39. The molecule has 1 aliphatic heterocycles. The topological polar surface area (TPSA) is 32.3 Å². The number of amides is 1. The molecule has 1 N–H and O–H groups in total. The fourth-order valence-corrected chi connectivity index (χ4v) is 2.47. The Balaban J connectivity index is 1.96. The summed E-state index contributed by atoms with van der Waals surface area (Å²) in [4.78, 5) is 14.2. The van der Waals surface area contributed by atoms with E-state index in [1.54, 1.807) is 0 Å². The van der Waals surface area contributed by atoms with Gasteiger partial charge in [-0.2, -0.15) is 0 Å². The average molecular weight is 325 g/mol. The number of rotatable bonds is 5. The molecule has 1 unspecified atom stereocenters. The number of nitrogens with zero attached hydrogens (tertiary/aromatic N) is 1. The van der Waals surface area contributed by atoms with Gasteiger partial charge in [0.2, 0.25) is 5.91 Å². The molecule has 19 heavy (non-hydrogen) atoms. The molecule has 0 spiro atoms. The molecule has 1 amide bonds. The normalized spacial score (nSPS) is 17.4. The van der Waals surface area contributed by atoms with E-state index in [2.05, 4.69) is 38.3 Å². The molecule has 1 heterocycles. The van der Waals surface area contributed by atoms with Gasteiger partial charge in [-0.15, -0.1) is 0 Å². The van der Waals surface area contributed by atoms with E-state index in [0.29, 0.717) is 0 Å². The SMILES string of the molecule is CCC(Br)C(=O)Nc1cccc(CN2CCCC2)c1. The molecule has 0 aliphatic carbocycles. The minimum absolute atomic E-state index is 0.0285. The highest BCUT2D eigenvalue weighted by atomic mass is 79.9. The van der Waals surface area contributed by atoms with Gasteiger partial charge >= 0.3 is 0 Å². The number of hydrogen-bond donors (Lipinski definition) is 1. The maximum Gasteiger partial charge on any atom is 0.238 e. The lowest BCUT2D eigenvalue weighted by Gasteiger charge is -2.15. The second-order valence-electron chi connectivity index (χ2n) is 5.05. The summed E-state index contributed by atoms with van der Waals surface area (Å²) in [6, 6.07) is 8.15. The van der Waals surface area contributed by atoms with Crippen LogP contribution in [-0.4, -0.2) is 28.7 Å². The van der Waals surface area contributed by atoms with Crippen molar-refractivity contribution in [3.05, 3.63) is 29.8 Å². The molecule has 3 nitrogen and oxygen atoms in total. The van der Waals surface area contributed by atoms with E-state index in [1.807, 2.05) is 19.1 Å². The van der Waals surface area contributed by atoms with Gasteiger partial charge in [0.25, 0.3) is 0 Å². The summed E-state index contributed by atoms with van der Waals surface area (Å²) >= 11 is 3.37. The lowest BCUT2D eigenvalue weighted by molar-refractivity contribution is -0.115. The molecular weight excluding hydrogens is 304 g/mol. The molecule has 0 radical (unpaired) electrons. The number of halogens is 1. The molecule has 2 rings (SSSR count). The summed E-state index contributed by atoms with van der Waals surface area (Å²) < 4.78 is 0. The van der Waals surface area contributed by atoms with Crippen LogP contribution in [0.1, 0.15) is 31.7 Å². The third kappa shape index (κ3) is 4.32. The first-order valence-corrected chi connectivity index (χ1v) is 7.87. The number of carbonyl (C=O) groups is 1. The van der Waals surface area contributed by atoms with Crippen molar-refractivity contribution in [2.24, 2.45) is 0 Å². The standard InChI is InChI=1S/C15H21BrN2O/c1-2-14(16)15(19)17-13-7-5-6-12(10-13)11-18-8-3-4-9-18/h5-7,10,14H,2-4,8-9,11H2,1H3,(H,17,19). The molecule has 0 aromatic heterocycles. The summed E-state index contributed by atoms with van der Waals surface area (Å²) in [5.74, 6) is 0.0285. The van der Waals surface area contributed by atoms with Crippen LogP contribution in [0.2, 0.25) is 0 Å². The fraction of sp³-hybridized carbons (Fsp3) is 0.533. The van der Waals surface area contributed by atoms with E-state index in [1.165, 1.54) is 31.5 Å². The highest BCUT2D eigenvalue weighted by Crippen LogP contribution is 2.17. The quantitative estimate of drug-likeness (QED) is 0.842. The third-order valence-corrected chi connectivity index (χ3v) is 4.51. The summed E-state index contributed by atoms with van der Waals surface area (Å²) in [7, 11) is 0. The second-order valence-corrected chi connectivity index (χ2v) is 6.15. The smallest absolute Gasteiger partial charge is 0.238 e. The molecule has 4 heteroatoms. The first-order valence-electron chi connectivity index (χ1n) is 6.95. The Morgan fingerprint density at radius 1 is 1.42 bits per heavy atom. The van der Waals surface area contributed by atoms with Crippen LogP contribution in [0.25, 0.3) is 0 Å². The Hall–Kier alpha value is -0.870. The molecule has 1 saturated heterocycles. The van der Waals surface area contributed by atoms with Gasteiger partial charge in [0, 0.05) is 12.2 Å². The molecular formula is C15H21BrN2O. The molecule has 1 aromatic rings. The van der Waals surface area contributed by atoms with Crippen molar-refractivity contribution in [1.29, 1.82) is 0 Å². The highest BCUT2D eigenvalue weighted by molar-refractivity contribution is 9.10. The van der Waals surface area contributed by atoms with Crippen LogP contribution in [0.3, 0.4) is 0 Å². The zero-order chi connectivity index (χ0) is 13.7. The maximum absolute atomic E-state index is 11.8. The lowest BCUT2D eigenvalue weighted by Crippen LogP contribution is -2.22. The first-order chi connectivity index (χ1) is 9.19. The number of carbonyl (C=O) groups excluding carboxylic acids is 1. The van der Waals surface area contributed by atoms with E-state index < -0.39 is 0 Å². The van der Waals surface area contributed by atoms with Gasteiger partial charge in [-0.05, 0) is 50.0 Å². The van der Waals surface area contributed by atoms with Crippen LogP contribution < -0.4 is 5.32 Å². The van der Waals surface area contributed by atoms with Crippen LogP contribution in [0.15, 0.2) is 24.3 Å². The van der Waals surface area contributed by atoms with Gasteiger partial charge in [-0.3, -0.25) is 9.69 Å². The van der Waals surface area contributed by atoms with Gasteiger partial charge in [0.1, 0.15) is 0 Å². The zero-order valence-corrected chi connectivity index (χ0v) is 12.9. The van der Waals surface area contributed by atoms with Crippen LogP contribution >= 0.6 is 15.9 Å². The summed E-state index contributed by atoms with van der Waals surface area (Å²) in [6.07, 6.45) is 3.40. The second kappa shape index (κ2) is 7.06. The van der Waals surface area contributed by atoms with Crippen molar-refractivity contribution in [2.45, 2.75) is 37.6 Å². The zero-order valence-electron chi connectivity index (χ0n) is 11.4. The monoisotopic (exact) mass is 324 g/mol. The fourth-order valence-electron chi connectivity index (χ4n) is 2.35. The highest BCUT2D eigenvalue weighted by Gasteiger charge is 2.14. The maximum atomic E-state index is 11.8. The van der Waals surface area contributed by atoms with Crippen LogP contribution in [0, 0.1) is 0 Å². The molecule has 1 aliphatic rings. The molecule has 104 valence electrons. The van der Waals surface area contributed by atoms with Crippen LogP contribution in [-0.2, 0) is 11.3 Å². The van der Waals surface area contributed by atoms with Crippen molar-refractivity contribution in [3.8, 4) is 0 Å². The number of nitrogens with one attached hydrogen (secondary N) is 1.